The molecular weight excluding hydrogens is 352 g/mol. The van der Waals surface area contributed by atoms with Gasteiger partial charge in [-0.25, -0.2) is 4.98 Å². The first kappa shape index (κ1) is 18.3. The van der Waals surface area contributed by atoms with Crippen molar-refractivity contribution in [1.29, 1.82) is 0 Å². The van der Waals surface area contributed by atoms with Crippen LogP contribution in [0.15, 0.2) is 30.5 Å². The Bertz CT molecular complexity index is 823. The molecule has 0 spiro atoms. The Kier molecular flexibility index (Phi) is 5.53. The lowest BCUT2D eigenvalue weighted by atomic mass is 10.2. The van der Waals surface area contributed by atoms with Crippen molar-refractivity contribution in [1.82, 2.24) is 9.29 Å². The van der Waals surface area contributed by atoms with E-state index in [1.165, 1.54) is 20.3 Å². The Morgan fingerprint density at radius 3 is 2.50 bits per heavy atom. The van der Waals surface area contributed by atoms with Gasteiger partial charge in [0.05, 0.1) is 24.7 Å². The predicted octanol–water partition coefficient (Wildman–Crippen LogP) is 3.01. The minimum Gasteiger partial charge on any atom is -0.495 e. The Hall–Kier alpha value is -2.03. The average molecular weight is 371 g/mol. The molecule has 0 aliphatic rings. The van der Waals surface area contributed by atoms with E-state index in [2.05, 4.69) is 15.0 Å². The Labute approximate surface area is 146 Å². The number of aromatic nitrogens is 1. The number of methoxy groups -OCH3 is 1. The second kappa shape index (κ2) is 7.25. The molecule has 24 heavy (non-hydrogen) atoms. The molecule has 0 saturated carbocycles. The van der Waals surface area contributed by atoms with Gasteiger partial charge in [-0.15, -0.1) is 0 Å². The number of pyridine rings is 1. The van der Waals surface area contributed by atoms with Gasteiger partial charge >= 0.3 is 10.2 Å². The maximum Gasteiger partial charge on any atom is 0.302 e. The summed E-state index contributed by atoms with van der Waals surface area (Å²) < 4.78 is 32.3. The zero-order valence-corrected chi connectivity index (χ0v) is 15.4. The van der Waals surface area contributed by atoms with Gasteiger partial charge in [-0.2, -0.15) is 12.7 Å². The summed E-state index contributed by atoms with van der Waals surface area (Å²) in [5, 5.41) is 3.79. The number of benzene rings is 1. The van der Waals surface area contributed by atoms with Crippen LogP contribution in [0.4, 0.5) is 17.2 Å². The lowest BCUT2D eigenvalue weighted by Gasteiger charge is -2.14. The van der Waals surface area contributed by atoms with Crippen molar-refractivity contribution in [2.24, 2.45) is 0 Å². The first-order chi connectivity index (χ1) is 11.2. The molecule has 0 unspecified atom stereocenters. The second-order valence-electron chi connectivity index (χ2n) is 5.25. The van der Waals surface area contributed by atoms with Crippen LogP contribution < -0.4 is 14.8 Å². The summed E-state index contributed by atoms with van der Waals surface area (Å²) in [5.74, 6) is 0.830. The molecule has 0 radical (unpaired) electrons. The van der Waals surface area contributed by atoms with Crippen LogP contribution in [0.3, 0.4) is 0 Å². The van der Waals surface area contributed by atoms with E-state index in [0.29, 0.717) is 16.5 Å². The highest BCUT2D eigenvalue weighted by molar-refractivity contribution is 7.90. The molecule has 2 N–H and O–H groups in total. The van der Waals surface area contributed by atoms with Crippen LogP contribution in [-0.4, -0.2) is 38.9 Å². The largest absolute Gasteiger partial charge is 0.495 e. The molecule has 0 aliphatic carbocycles. The lowest BCUT2D eigenvalue weighted by molar-refractivity contribution is 0.417. The zero-order chi connectivity index (χ0) is 17.9. The maximum atomic E-state index is 11.8. The molecule has 0 amide bonds. The number of anilines is 3. The Balaban J connectivity index is 2.20. The highest BCUT2D eigenvalue weighted by Gasteiger charge is 2.13. The third-order valence-electron chi connectivity index (χ3n) is 3.24. The van der Waals surface area contributed by atoms with Gasteiger partial charge in [0.2, 0.25) is 0 Å². The first-order valence-corrected chi connectivity index (χ1v) is 8.82. The van der Waals surface area contributed by atoms with Crippen LogP contribution in [0.25, 0.3) is 0 Å². The van der Waals surface area contributed by atoms with Gasteiger partial charge in [-0.05, 0) is 30.7 Å². The smallest absolute Gasteiger partial charge is 0.302 e. The van der Waals surface area contributed by atoms with Gasteiger partial charge in [0.15, 0.2) is 0 Å². The van der Waals surface area contributed by atoms with E-state index >= 15 is 0 Å². The normalized spacial score (nSPS) is 11.4. The first-order valence-electron chi connectivity index (χ1n) is 7.00. The summed E-state index contributed by atoms with van der Waals surface area (Å²) in [6, 6.07) is 6.87. The standard InChI is InChI=1S/C15H19ClN4O3S/c1-10-7-13(14(23-4)8-12(10)16)18-11-5-6-15(17-9-11)19-24(21,22)20(2)3/h5-9,18H,1-4H3,(H,17,19). The van der Waals surface area contributed by atoms with Crippen molar-refractivity contribution < 1.29 is 13.2 Å². The third kappa shape index (κ3) is 4.28. The van der Waals surface area contributed by atoms with Crippen LogP contribution in [-0.2, 0) is 10.2 Å². The molecule has 2 rings (SSSR count). The van der Waals surface area contributed by atoms with Gasteiger partial charge < -0.3 is 10.1 Å². The van der Waals surface area contributed by atoms with Crippen molar-refractivity contribution in [2.45, 2.75) is 6.92 Å². The van der Waals surface area contributed by atoms with Crippen molar-refractivity contribution in [3.05, 3.63) is 41.0 Å². The van der Waals surface area contributed by atoms with E-state index in [-0.39, 0.29) is 5.82 Å². The van der Waals surface area contributed by atoms with Gasteiger partial charge in [0, 0.05) is 25.2 Å². The summed E-state index contributed by atoms with van der Waals surface area (Å²) in [4.78, 5) is 4.09. The van der Waals surface area contributed by atoms with Crippen LogP contribution >= 0.6 is 11.6 Å². The summed E-state index contributed by atoms with van der Waals surface area (Å²) in [7, 11) is 0.857. The number of rotatable bonds is 6. The van der Waals surface area contributed by atoms with E-state index in [1.807, 2.05) is 13.0 Å². The highest BCUT2D eigenvalue weighted by atomic mass is 35.5. The summed E-state index contributed by atoms with van der Waals surface area (Å²) >= 11 is 6.09. The van der Waals surface area contributed by atoms with Crippen LogP contribution in [0.1, 0.15) is 5.56 Å². The van der Waals surface area contributed by atoms with Gasteiger partial charge in [0.1, 0.15) is 11.6 Å². The molecule has 0 saturated heterocycles. The Morgan fingerprint density at radius 1 is 1.25 bits per heavy atom. The number of nitrogens with one attached hydrogen (secondary N) is 2. The molecule has 130 valence electrons. The maximum absolute atomic E-state index is 11.8. The molecule has 1 heterocycles. The molecule has 2 aromatic rings. The van der Waals surface area contributed by atoms with Gasteiger partial charge in [-0.1, -0.05) is 11.6 Å². The van der Waals surface area contributed by atoms with Gasteiger partial charge in [0.25, 0.3) is 0 Å². The molecule has 0 aliphatic heterocycles. The second-order valence-corrected chi connectivity index (χ2v) is 7.54. The van der Waals surface area contributed by atoms with Crippen molar-refractivity contribution in [3.8, 4) is 5.75 Å². The minimum atomic E-state index is -3.58. The van der Waals surface area contributed by atoms with E-state index in [1.54, 1.807) is 25.3 Å². The van der Waals surface area contributed by atoms with E-state index in [0.717, 1.165) is 15.6 Å². The van der Waals surface area contributed by atoms with E-state index in [9.17, 15) is 8.42 Å². The van der Waals surface area contributed by atoms with Crippen LogP contribution in [0.5, 0.6) is 5.75 Å². The van der Waals surface area contributed by atoms with E-state index in [4.69, 9.17) is 16.3 Å². The fourth-order valence-corrected chi connectivity index (χ4v) is 2.56. The average Bonchev–Trinajstić information content (AvgIpc) is 2.52. The third-order valence-corrected chi connectivity index (χ3v) is 5.07. The van der Waals surface area contributed by atoms with Crippen LogP contribution in [0, 0.1) is 6.92 Å². The SMILES string of the molecule is COc1cc(Cl)c(C)cc1Nc1ccc(NS(=O)(=O)N(C)C)nc1. The monoisotopic (exact) mass is 370 g/mol. The molecule has 1 aromatic heterocycles. The number of nitrogens with zero attached hydrogens (tertiary/aromatic N) is 2. The number of aryl methyl sites for hydroxylation is 1. The molecule has 7 nitrogen and oxygen atoms in total. The number of halogens is 1. The summed E-state index contributed by atoms with van der Waals surface area (Å²) in [6.45, 7) is 1.89. The van der Waals surface area contributed by atoms with Crippen molar-refractivity contribution in [2.75, 3.05) is 31.2 Å². The fourth-order valence-electron chi connectivity index (χ4n) is 1.84. The van der Waals surface area contributed by atoms with Gasteiger partial charge in [-0.3, -0.25) is 4.72 Å². The molecule has 1 aromatic carbocycles. The highest BCUT2D eigenvalue weighted by Crippen LogP contribution is 2.33. The lowest BCUT2D eigenvalue weighted by Crippen LogP contribution is -2.29. The molecule has 9 heteroatoms. The van der Waals surface area contributed by atoms with Crippen LogP contribution in [0.2, 0.25) is 5.02 Å². The summed E-state index contributed by atoms with van der Waals surface area (Å²) in [6.07, 6.45) is 1.52. The summed E-state index contributed by atoms with van der Waals surface area (Å²) in [5.41, 5.74) is 2.33. The topological polar surface area (TPSA) is 83.6 Å². The quantitative estimate of drug-likeness (QED) is 0.816. The molecule has 0 atom stereocenters. The molecular formula is C15H19ClN4O3S. The molecule has 0 fully saturated rings. The van der Waals surface area contributed by atoms with Crippen molar-refractivity contribution in [3.63, 3.8) is 0 Å². The predicted molar refractivity (Wildman–Crippen MR) is 96.5 cm³/mol. The number of hydrogen-bond donors (Lipinski definition) is 2. The van der Waals surface area contributed by atoms with E-state index < -0.39 is 10.2 Å². The zero-order valence-electron chi connectivity index (χ0n) is 13.8. The fraction of sp³-hybridized carbons (Fsp3) is 0.267. The van der Waals surface area contributed by atoms with Crippen molar-refractivity contribution >= 4 is 39.0 Å². The minimum absolute atomic E-state index is 0.230. The Morgan fingerprint density at radius 2 is 1.96 bits per heavy atom. The number of ether oxygens (including phenoxy) is 1. The molecule has 0 bridgehead atoms. The number of hydrogen-bond acceptors (Lipinski definition) is 5.